The Morgan fingerprint density at radius 1 is 0.955 bits per heavy atom. The number of carboxylic acids is 2. The first-order valence-corrected chi connectivity index (χ1v) is 6.61. The topological polar surface area (TPSA) is 121 Å². The van der Waals surface area contributed by atoms with Gasteiger partial charge in [-0.2, -0.15) is 0 Å². The summed E-state index contributed by atoms with van der Waals surface area (Å²) in [5, 5.41) is 26.2. The molecule has 7 nitrogen and oxygen atoms in total. The van der Waals surface area contributed by atoms with Crippen LogP contribution in [0.25, 0.3) is 0 Å². The van der Waals surface area contributed by atoms with Crippen molar-refractivity contribution in [2.24, 2.45) is 0 Å². The Bertz CT molecular complexity index is 512. The Hall–Kier alpha value is -2.41. The van der Waals surface area contributed by atoms with Crippen LogP contribution in [0.4, 0.5) is 0 Å². The average molecular weight is 312 g/mol. The summed E-state index contributed by atoms with van der Waals surface area (Å²) in [6, 6.07) is 0. The zero-order valence-corrected chi connectivity index (χ0v) is 12.5. The van der Waals surface area contributed by atoms with E-state index in [0.717, 1.165) is 6.08 Å². The summed E-state index contributed by atoms with van der Waals surface area (Å²) in [5.74, 6) is -3.10. The zero-order valence-electron chi connectivity index (χ0n) is 12.5. The van der Waals surface area contributed by atoms with Gasteiger partial charge in [0.25, 0.3) is 0 Å². The number of carbonyl (C=O) groups is 3. The molecule has 0 unspecified atom stereocenters. The van der Waals surface area contributed by atoms with Gasteiger partial charge < -0.3 is 20.1 Å². The van der Waals surface area contributed by atoms with E-state index in [4.69, 9.17) is 20.1 Å². The molecule has 0 aromatic heterocycles. The molecule has 0 aromatic rings. The molecule has 0 saturated carbocycles. The van der Waals surface area contributed by atoms with E-state index in [2.05, 4.69) is 0 Å². The van der Waals surface area contributed by atoms with Crippen molar-refractivity contribution in [1.82, 2.24) is 0 Å². The van der Waals surface area contributed by atoms with Crippen LogP contribution in [0.5, 0.6) is 0 Å². The maximum Gasteiger partial charge on any atom is 0.338 e. The number of hydrogen-bond acceptors (Lipinski definition) is 5. The van der Waals surface area contributed by atoms with Crippen LogP contribution >= 0.6 is 0 Å². The number of esters is 1. The predicted molar refractivity (Wildman–Crippen MR) is 78.1 cm³/mol. The van der Waals surface area contributed by atoms with Crippen molar-refractivity contribution in [1.29, 1.82) is 0 Å². The highest BCUT2D eigenvalue weighted by atomic mass is 16.5. The second kappa shape index (κ2) is 10.3. The van der Waals surface area contributed by atoms with Crippen molar-refractivity contribution in [3.8, 4) is 0 Å². The lowest BCUT2D eigenvalue weighted by Gasteiger charge is -2.05. The summed E-state index contributed by atoms with van der Waals surface area (Å²) in [7, 11) is 0. The Morgan fingerprint density at radius 3 is 2.05 bits per heavy atom. The van der Waals surface area contributed by atoms with Crippen LogP contribution in [0.1, 0.15) is 26.7 Å². The van der Waals surface area contributed by atoms with Crippen molar-refractivity contribution >= 4 is 17.9 Å². The van der Waals surface area contributed by atoms with Crippen molar-refractivity contribution in [2.45, 2.75) is 26.7 Å². The summed E-state index contributed by atoms with van der Waals surface area (Å²) in [6.07, 6.45) is 4.46. The highest BCUT2D eigenvalue weighted by Crippen LogP contribution is 2.08. The molecule has 0 aromatic carbocycles. The van der Waals surface area contributed by atoms with Gasteiger partial charge in [-0.15, -0.1) is 0 Å². The maximum absolute atomic E-state index is 11.9. The molecule has 0 atom stereocenters. The number of carboxylic acid groups (broad SMARTS) is 2. The fourth-order valence-corrected chi connectivity index (χ4v) is 1.22. The van der Waals surface area contributed by atoms with E-state index in [1.807, 2.05) is 0 Å². The third-order valence-corrected chi connectivity index (χ3v) is 2.58. The largest absolute Gasteiger partial charge is 0.478 e. The third kappa shape index (κ3) is 8.01. The minimum absolute atomic E-state index is 0.00745. The van der Waals surface area contributed by atoms with Gasteiger partial charge in [0.2, 0.25) is 0 Å². The molecule has 0 fully saturated rings. The Balaban J connectivity index is 5.17. The second-order valence-corrected chi connectivity index (χ2v) is 4.48. The van der Waals surface area contributed by atoms with E-state index < -0.39 is 17.9 Å². The molecule has 0 spiro atoms. The SMILES string of the molecule is CC(=CC=C(C=C(C)C(=O)O)C(=O)OCCCCO)C(=O)O. The summed E-state index contributed by atoms with van der Waals surface area (Å²) >= 11 is 0. The van der Waals surface area contributed by atoms with Crippen molar-refractivity contribution in [2.75, 3.05) is 13.2 Å². The lowest BCUT2D eigenvalue weighted by atomic mass is 10.1. The zero-order chi connectivity index (χ0) is 17.1. The first-order chi connectivity index (χ1) is 10.3. The van der Waals surface area contributed by atoms with Gasteiger partial charge in [-0.25, -0.2) is 14.4 Å². The summed E-state index contributed by atoms with van der Waals surface area (Å²) in [5.41, 5.74) is -0.156. The summed E-state index contributed by atoms with van der Waals surface area (Å²) in [6.45, 7) is 2.72. The Labute approximate surface area is 128 Å². The van der Waals surface area contributed by atoms with Gasteiger partial charge in [-0.1, -0.05) is 6.08 Å². The predicted octanol–water partition coefficient (Wildman–Crippen LogP) is 1.29. The van der Waals surface area contributed by atoms with Gasteiger partial charge in [-0.3, -0.25) is 0 Å². The molecule has 0 amide bonds. The second-order valence-electron chi connectivity index (χ2n) is 4.48. The quantitative estimate of drug-likeness (QED) is 0.254. The van der Waals surface area contributed by atoms with Gasteiger partial charge >= 0.3 is 17.9 Å². The first kappa shape index (κ1) is 19.6. The molecule has 0 rings (SSSR count). The first-order valence-electron chi connectivity index (χ1n) is 6.61. The number of ether oxygens (including phenoxy) is 1. The Morgan fingerprint density at radius 2 is 1.55 bits per heavy atom. The Kier molecular flexibility index (Phi) is 9.20. The van der Waals surface area contributed by atoms with E-state index in [1.54, 1.807) is 0 Å². The van der Waals surface area contributed by atoms with Gasteiger partial charge in [0.1, 0.15) is 0 Å². The highest BCUT2D eigenvalue weighted by molar-refractivity contribution is 5.96. The maximum atomic E-state index is 11.9. The van der Waals surface area contributed by atoms with Gasteiger partial charge in [-0.05, 0) is 38.8 Å². The molecule has 0 bridgehead atoms. The molecule has 0 heterocycles. The number of rotatable bonds is 9. The van der Waals surface area contributed by atoms with Crippen LogP contribution in [-0.2, 0) is 19.1 Å². The van der Waals surface area contributed by atoms with Gasteiger partial charge in [0, 0.05) is 17.8 Å². The molecule has 0 aliphatic rings. The van der Waals surface area contributed by atoms with E-state index in [1.165, 1.54) is 26.0 Å². The van der Waals surface area contributed by atoms with Crippen LogP contribution in [-0.4, -0.2) is 46.4 Å². The van der Waals surface area contributed by atoms with Crippen molar-refractivity contribution in [3.63, 3.8) is 0 Å². The number of unbranched alkanes of at least 4 members (excludes halogenated alkanes) is 1. The minimum atomic E-state index is -1.20. The fourth-order valence-electron chi connectivity index (χ4n) is 1.22. The van der Waals surface area contributed by atoms with Crippen LogP contribution in [0.2, 0.25) is 0 Å². The molecule has 0 saturated heterocycles. The normalized spacial score (nSPS) is 13.0. The smallest absolute Gasteiger partial charge is 0.338 e. The highest BCUT2D eigenvalue weighted by Gasteiger charge is 2.11. The van der Waals surface area contributed by atoms with E-state index in [9.17, 15) is 14.4 Å². The number of hydrogen-bond donors (Lipinski definition) is 3. The van der Waals surface area contributed by atoms with Gasteiger partial charge in [0.05, 0.1) is 12.2 Å². The summed E-state index contributed by atoms with van der Waals surface area (Å²) < 4.78 is 4.95. The van der Waals surface area contributed by atoms with Crippen LogP contribution in [0.3, 0.4) is 0 Å². The molecule has 22 heavy (non-hydrogen) atoms. The minimum Gasteiger partial charge on any atom is -0.478 e. The van der Waals surface area contributed by atoms with E-state index in [0.29, 0.717) is 12.8 Å². The average Bonchev–Trinajstić information content (AvgIpc) is 2.46. The number of aliphatic hydroxyl groups excluding tert-OH is 1. The fraction of sp³-hybridized carbons (Fsp3) is 0.400. The van der Waals surface area contributed by atoms with Crippen LogP contribution in [0, 0.1) is 0 Å². The molecule has 0 radical (unpaired) electrons. The molecular weight excluding hydrogens is 292 g/mol. The molecule has 0 aliphatic carbocycles. The lowest BCUT2D eigenvalue weighted by molar-refractivity contribution is -0.139. The molecule has 122 valence electrons. The number of carbonyl (C=O) groups excluding carboxylic acids is 1. The van der Waals surface area contributed by atoms with Gasteiger partial charge in [0.15, 0.2) is 0 Å². The molecule has 0 aliphatic heterocycles. The number of allylic oxidation sites excluding steroid dienone is 2. The third-order valence-electron chi connectivity index (χ3n) is 2.58. The van der Waals surface area contributed by atoms with Crippen LogP contribution < -0.4 is 0 Å². The lowest BCUT2D eigenvalue weighted by Crippen LogP contribution is -2.10. The monoisotopic (exact) mass is 312 g/mol. The molecule has 7 heteroatoms. The standard InChI is InChI=1S/C15H20O7/c1-10(13(17)18)5-6-12(9-11(2)14(19)20)15(21)22-8-4-3-7-16/h5-6,9,16H,3-4,7-8H2,1-2H3,(H,17,18)(H,19,20). The number of aliphatic hydroxyl groups is 1. The van der Waals surface area contributed by atoms with Crippen molar-refractivity contribution < 1.29 is 34.4 Å². The molecular formula is C15H20O7. The van der Waals surface area contributed by atoms with E-state index in [-0.39, 0.29) is 29.9 Å². The van der Waals surface area contributed by atoms with Crippen molar-refractivity contribution in [3.05, 3.63) is 34.9 Å². The van der Waals surface area contributed by atoms with E-state index >= 15 is 0 Å². The number of aliphatic carboxylic acids is 2. The molecule has 3 N–H and O–H groups in total. The van der Waals surface area contributed by atoms with Crippen LogP contribution in [0.15, 0.2) is 34.9 Å². The summed E-state index contributed by atoms with van der Waals surface area (Å²) in [4.78, 5) is 33.4.